The van der Waals surface area contributed by atoms with Crippen LogP contribution < -0.4 is 0 Å². The number of rotatable bonds is 1. The van der Waals surface area contributed by atoms with Crippen LogP contribution in [0, 0.1) is 0 Å². The number of hydrogen-bond acceptors (Lipinski definition) is 3. The van der Waals surface area contributed by atoms with Crippen molar-refractivity contribution in [3.8, 4) is 5.75 Å². The monoisotopic (exact) mass is 246 g/mol. The number of phenols is 1. The van der Waals surface area contributed by atoms with Gasteiger partial charge in [-0.1, -0.05) is 0 Å². The molecule has 1 aliphatic heterocycles. The van der Waals surface area contributed by atoms with E-state index < -0.39 is 12.0 Å². The summed E-state index contributed by atoms with van der Waals surface area (Å²) in [5.74, 6) is -0.604. The SMILES string of the molecule is CN1Cc2[nH]c3ccc(O)cc3c2CC1C(=O)O. The average Bonchev–Trinajstić information content (AvgIpc) is 2.64. The summed E-state index contributed by atoms with van der Waals surface area (Å²) in [6.45, 7) is 0.585. The lowest BCUT2D eigenvalue weighted by Crippen LogP contribution is -2.42. The molecule has 2 aromatic rings. The Morgan fingerprint density at radius 1 is 1.50 bits per heavy atom. The second-order valence-electron chi connectivity index (χ2n) is 4.79. The van der Waals surface area contributed by atoms with Crippen molar-refractivity contribution < 1.29 is 15.0 Å². The molecule has 1 aliphatic rings. The molecule has 18 heavy (non-hydrogen) atoms. The third-order valence-corrected chi connectivity index (χ3v) is 3.60. The van der Waals surface area contributed by atoms with Crippen LogP contribution in [0.5, 0.6) is 5.75 Å². The number of nitrogens with one attached hydrogen (secondary N) is 1. The number of fused-ring (bicyclic) bond motifs is 3. The highest BCUT2D eigenvalue weighted by atomic mass is 16.4. The summed E-state index contributed by atoms with van der Waals surface area (Å²) in [5, 5.41) is 19.7. The first kappa shape index (κ1) is 11.1. The van der Waals surface area contributed by atoms with Gasteiger partial charge < -0.3 is 15.2 Å². The van der Waals surface area contributed by atoms with E-state index in [0.717, 1.165) is 22.2 Å². The van der Waals surface area contributed by atoms with Gasteiger partial charge in [0.05, 0.1) is 0 Å². The van der Waals surface area contributed by atoms with Gasteiger partial charge in [0, 0.05) is 29.6 Å². The molecule has 0 radical (unpaired) electrons. The number of aromatic amines is 1. The van der Waals surface area contributed by atoms with Crippen molar-refractivity contribution in [1.29, 1.82) is 0 Å². The van der Waals surface area contributed by atoms with Crippen molar-refractivity contribution in [3.05, 3.63) is 29.5 Å². The zero-order chi connectivity index (χ0) is 12.9. The molecule has 1 aromatic heterocycles. The standard InChI is InChI=1S/C13H14N2O3/c1-15-6-11-9(5-12(15)13(17)18)8-4-7(16)2-3-10(8)14-11/h2-4,12,14,16H,5-6H2,1H3,(H,17,18). The largest absolute Gasteiger partial charge is 0.508 e. The molecule has 5 nitrogen and oxygen atoms in total. The third-order valence-electron chi connectivity index (χ3n) is 3.60. The number of benzene rings is 1. The number of likely N-dealkylation sites (N-methyl/N-ethyl adjacent to an activating group) is 1. The normalized spacial score (nSPS) is 19.9. The highest BCUT2D eigenvalue weighted by Gasteiger charge is 2.31. The molecule has 0 bridgehead atoms. The Morgan fingerprint density at radius 3 is 3.00 bits per heavy atom. The average molecular weight is 246 g/mol. The van der Waals surface area contributed by atoms with Crippen LogP contribution in [0.15, 0.2) is 18.2 Å². The van der Waals surface area contributed by atoms with Crippen LogP contribution >= 0.6 is 0 Å². The molecule has 3 N–H and O–H groups in total. The number of phenolic OH excluding ortho intramolecular Hbond substituents is 1. The molecule has 0 saturated carbocycles. The first-order valence-electron chi connectivity index (χ1n) is 5.82. The maximum atomic E-state index is 11.2. The summed E-state index contributed by atoms with van der Waals surface area (Å²) in [6, 6.07) is 4.63. The van der Waals surface area contributed by atoms with Crippen molar-refractivity contribution in [2.24, 2.45) is 0 Å². The number of carbonyl (C=O) groups is 1. The van der Waals surface area contributed by atoms with Gasteiger partial charge >= 0.3 is 5.97 Å². The molecular formula is C13H14N2O3. The van der Waals surface area contributed by atoms with E-state index in [1.807, 2.05) is 18.0 Å². The van der Waals surface area contributed by atoms with Crippen LogP contribution in [-0.2, 0) is 17.8 Å². The molecule has 94 valence electrons. The summed E-state index contributed by atoms with van der Waals surface area (Å²) in [7, 11) is 1.81. The molecule has 3 rings (SSSR count). The maximum absolute atomic E-state index is 11.2. The van der Waals surface area contributed by atoms with Crippen LogP contribution in [0.2, 0.25) is 0 Å². The molecule has 0 spiro atoms. The second-order valence-corrected chi connectivity index (χ2v) is 4.79. The minimum atomic E-state index is -0.808. The number of nitrogens with zero attached hydrogens (tertiary/aromatic N) is 1. The van der Waals surface area contributed by atoms with Gasteiger partial charge in [-0.05, 0) is 30.8 Å². The Hall–Kier alpha value is -2.01. The summed E-state index contributed by atoms with van der Waals surface area (Å²) in [4.78, 5) is 16.3. The number of aliphatic carboxylic acids is 1. The first-order valence-corrected chi connectivity index (χ1v) is 5.82. The predicted octanol–water partition coefficient (Wildman–Crippen LogP) is 1.31. The van der Waals surface area contributed by atoms with E-state index in [4.69, 9.17) is 0 Å². The Kier molecular flexibility index (Phi) is 2.31. The molecule has 0 aliphatic carbocycles. The molecule has 1 unspecified atom stereocenters. The van der Waals surface area contributed by atoms with Crippen molar-refractivity contribution >= 4 is 16.9 Å². The smallest absolute Gasteiger partial charge is 0.321 e. The fraction of sp³-hybridized carbons (Fsp3) is 0.308. The summed E-state index contributed by atoms with van der Waals surface area (Å²) in [6.07, 6.45) is 0.463. The maximum Gasteiger partial charge on any atom is 0.321 e. The van der Waals surface area contributed by atoms with Crippen LogP contribution in [0.4, 0.5) is 0 Å². The van der Waals surface area contributed by atoms with Gasteiger partial charge in [0.1, 0.15) is 11.8 Å². The zero-order valence-corrected chi connectivity index (χ0v) is 9.97. The minimum absolute atomic E-state index is 0.204. The van der Waals surface area contributed by atoms with E-state index in [9.17, 15) is 15.0 Å². The fourth-order valence-electron chi connectivity index (χ4n) is 2.64. The first-order chi connectivity index (χ1) is 8.56. The Balaban J connectivity index is 2.15. The number of carboxylic acids is 1. The molecule has 1 atom stereocenters. The van der Waals surface area contributed by atoms with Gasteiger partial charge in [0.15, 0.2) is 0 Å². The van der Waals surface area contributed by atoms with Crippen molar-refractivity contribution in [1.82, 2.24) is 9.88 Å². The van der Waals surface area contributed by atoms with E-state index in [1.165, 1.54) is 0 Å². The second kappa shape index (κ2) is 3.74. The summed E-state index contributed by atoms with van der Waals surface area (Å²) in [5.41, 5.74) is 2.99. The summed E-state index contributed by atoms with van der Waals surface area (Å²) >= 11 is 0. The lowest BCUT2D eigenvalue weighted by Gasteiger charge is -2.29. The lowest BCUT2D eigenvalue weighted by atomic mass is 9.97. The molecule has 1 aromatic carbocycles. The van der Waals surface area contributed by atoms with Gasteiger partial charge in [-0.3, -0.25) is 9.69 Å². The van der Waals surface area contributed by atoms with Crippen molar-refractivity contribution in [2.75, 3.05) is 7.05 Å². The Morgan fingerprint density at radius 2 is 2.28 bits per heavy atom. The molecular weight excluding hydrogens is 232 g/mol. The van der Waals surface area contributed by atoms with E-state index in [2.05, 4.69) is 4.98 Å². The van der Waals surface area contributed by atoms with Gasteiger partial charge in [-0.2, -0.15) is 0 Å². The van der Waals surface area contributed by atoms with Gasteiger partial charge in [-0.15, -0.1) is 0 Å². The zero-order valence-electron chi connectivity index (χ0n) is 9.97. The molecule has 0 fully saturated rings. The topological polar surface area (TPSA) is 76.6 Å². The van der Waals surface area contributed by atoms with E-state index in [0.29, 0.717) is 13.0 Å². The molecule has 0 saturated heterocycles. The predicted molar refractivity (Wildman–Crippen MR) is 66.6 cm³/mol. The number of carboxylic acid groups (broad SMARTS) is 1. The number of aromatic hydroxyl groups is 1. The highest BCUT2D eigenvalue weighted by molar-refractivity contribution is 5.87. The van der Waals surface area contributed by atoms with Crippen LogP contribution in [0.25, 0.3) is 10.9 Å². The van der Waals surface area contributed by atoms with E-state index in [-0.39, 0.29) is 5.75 Å². The third kappa shape index (κ3) is 1.55. The Bertz CT molecular complexity index is 632. The molecule has 0 amide bonds. The quantitative estimate of drug-likeness (QED) is 0.709. The van der Waals surface area contributed by atoms with Gasteiger partial charge in [-0.25, -0.2) is 0 Å². The van der Waals surface area contributed by atoms with Crippen LogP contribution in [0.1, 0.15) is 11.3 Å². The lowest BCUT2D eigenvalue weighted by molar-refractivity contribution is -0.143. The highest BCUT2D eigenvalue weighted by Crippen LogP contribution is 2.31. The van der Waals surface area contributed by atoms with Gasteiger partial charge in [0.2, 0.25) is 0 Å². The fourth-order valence-corrected chi connectivity index (χ4v) is 2.64. The minimum Gasteiger partial charge on any atom is -0.508 e. The number of H-pyrrole nitrogens is 1. The van der Waals surface area contributed by atoms with E-state index >= 15 is 0 Å². The Labute approximate surface area is 104 Å². The number of hydrogen-bond donors (Lipinski definition) is 3. The molecule has 5 heteroatoms. The van der Waals surface area contributed by atoms with Crippen LogP contribution in [-0.4, -0.2) is 39.2 Å². The van der Waals surface area contributed by atoms with Crippen molar-refractivity contribution in [3.63, 3.8) is 0 Å². The molecule has 2 heterocycles. The summed E-state index contributed by atoms with van der Waals surface area (Å²) < 4.78 is 0. The number of aromatic nitrogens is 1. The van der Waals surface area contributed by atoms with Gasteiger partial charge in [0.25, 0.3) is 0 Å². The van der Waals surface area contributed by atoms with E-state index in [1.54, 1.807) is 12.1 Å². The van der Waals surface area contributed by atoms with Crippen LogP contribution in [0.3, 0.4) is 0 Å². The van der Waals surface area contributed by atoms with Crippen molar-refractivity contribution in [2.45, 2.75) is 19.0 Å².